The van der Waals surface area contributed by atoms with Crippen LogP contribution >= 0.6 is 15.9 Å². The van der Waals surface area contributed by atoms with Crippen LogP contribution in [0.5, 0.6) is 11.5 Å². The minimum atomic E-state index is -0.331. The van der Waals surface area contributed by atoms with E-state index in [1.807, 2.05) is 25.1 Å². The van der Waals surface area contributed by atoms with Crippen LogP contribution in [0.4, 0.5) is 10.1 Å². The van der Waals surface area contributed by atoms with Crippen molar-refractivity contribution in [1.82, 2.24) is 0 Å². The van der Waals surface area contributed by atoms with Crippen LogP contribution in [0.3, 0.4) is 0 Å². The SMILES string of the molecule is Cc1ccc(Oc2cc(C)c(F)cc2N)c(Br)c1. The minimum absolute atomic E-state index is 0.283. The molecule has 0 radical (unpaired) electrons. The molecule has 0 heterocycles. The molecule has 18 heavy (non-hydrogen) atoms. The van der Waals surface area contributed by atoms with Crippen molar-refractivity contribution in [1.29, 1.82) is 0 Å². The van der Waals surface area contributed by atoms with Gasteiger partial charge in [0.25, 0.3) is 0 Å². The molecule has 0 unspecified atom stereocenters. The van der Waals surface area contributed by atoms with Gasteiger partial charge in [0.1, 0.15) is 11.6 Å². The molecule has 0 saturated heterocycles. The molecule has 4 heteroatoms. The predicted octanol–water partition coefficient (Wildman–Crippen LogP) is 4.58. The Kier molecular flexibility index (Phi) is 3.57. The maximum Gasteiger partial charge on any atom is 0.150 e. The molecule has 2 aromatic rings. The highest BCUT2D eigenvalue weighted by Gasteiger charge is 2.09. The van der Waals surface area contributed by atoms with Crippen molar-refractivity contribution in [2.75, 3.05) is 5.73 Å². The molecule has 0 aliphatic carbocycles. The average Bonchev–Trinajstić information content (AvgIpc) is 2.29. The highest BCUT2D eigenvalue weighted by atomic mass is 79.9. The summed E-state index contributed by atoms with van der Waals surface area (Å²) in [5.74, 6) is 0.777. The van der Waals surface area contributed by atoms with Crippen LogP contribution in [0.25, 0.3) is 0 Å². The number of benzene rings is 2. The van der Waals surface area contributed by atoms with Crippen LogP contribution in [0.15, 0.2) is 34.8 Å². The van der Waals surface area contributed by atoms with E-state index in [1.165, 1.54) is 6.07 Å². The summed E-state index contributed by atoms with van der Waals surface area (Å²) in [5, 5.41) is 0. The van der Waals surface area contributed by atoms with E-state index in [0.717, 1.165) is 10.0 Å². The molecule has 0 fully saturated rings. The first-order valence-corrected chi connectivity index (χ1v) is 6.26. The van der Waals surface area contributed by atoms with Crippen molar-refractivity contribution in [2.45, 2.75) is 13.8 Å². The normalized spacial score (nSPS) is 10.4. The van der Waals surface area contributed by atoms with Crippen molar-refractivity contribution >= 4 is 21.6 Å². The Hall–Kier alpha value is -1.55. The Morgan fingerprint density at radius 1 is 1.11 bits per heavy atom. The van der Waals surface area contributed by atoms with Crippen LogP contribution in [-0.2, 0) is 0 Å². The summed E-state index contributed by atoms with van der Waals surface area (Å²) in [4.78, 5) is 0. The molecule has 0 aliphatic rings. The molecule has 0 aliphatic heterocycles. The molecular weight excluding hydrogens is 297 g/mol. The molecule has 2 aromatic carbocycles. The molecule has 2 rings (SSSR count). The van der Waals surface area contributed by atoms with E-state index in [-0.39, 0.29) is 11.5 Å². The maximum atomic E-state index is 13.3. The van der Waals surface area contributed by atoms with E-state index >= 15 is 0 Å². The van der Waals surface area contributed by atoms with Gasteiger partial charge < -0.3 is 10.5 Å². The molecule has 2 N–H and O–H groups in total. The third-order valence-corrected chi connectivity index (χ3v) is 3.22. The lowest BCUT2D eigenvalue weighted by Gasteiger charge is -2.11. The van der Waals surface area contributed by atoms with Crippen LogP contribution in [0, 0.1) is 19.7 Å². The molecule has 0 bridgehead atoms. The van der Waals surface area contributed by atoms with Gasteiger partial charge in [0, 0.05) is 6.07 Å². The number of anilines is 1. The van der Waals surface area contributed by atoms with Gasteiger partial charge in [0.2, 0.25) is 0 Å². The third kappa shape index (κ3) is 2.64. The lowest BCUT2D eigenvalue weighted by Crippen LogP contribution is -1.95. The lowest BCUT2D eigenvalue weighted by atomic mass is 10.2. The molecule has 0 saturated carbocycles. The third-order valence-electron chi connectivity index (χ3n) is 2.60. The van der Waals surface area contributed by atoms with E-state index < -0.39 is 0 Å². The second-order valence-corrected chi connectivity index (χ2v) is 5.03. The highest BCUT2D eigenvalue weighted by Crippen LogP contribution is 2.34. The second kappa shape index (κ2) is 4.98. The number of aryl methyl sites for hydroxylation is 2. The fourth-order valence-corrected chi connectivity index (χ4v) is 2.14. The average molecular weight is 310 g/mol. The summed E-state index contributed by atoms with van der Waals surface area (Å²) in [6.07, 6.45) is 0. The molecule has 0 aromatic heterocycles. The molecular formula is C14H13BrFNO. The molecule has 94 valence electrons. The summed E-state index contributed by atoms with van der Waals surface area (Å²) < 4.78 is 19.8. The smallest absolute Gasteiger partial charge is 0.150 e. The fraction of sp³-hybridized carbons (Fsp3) is 0.143. The number of ether oxygens (including phenoxy) is 1. The minimum Gasteiger partial charge on any atom is -0.454 e. The number of nitrogens with two attached hydrogens (primary N) is 1. The van der Waals surface area contributed by atoms with Crippen molar-refractivity contribution < 1.29 is 9.13 Å². The summed E-state index contributed by atoms with van der Waals surface area (Å²) in [6, 6.07) is 8.59. The van der Waals surface area contributed by atoms with Gasteiger partial charge in [-0.2, -0.15) is 0 Å². The van der Waals surface area contributed by atoms with Crippen molar-refractivity contribution in [3.05, 3.63) is 51.7 Å². The van der Waals surface area contributed by atoms with Crippen LogP contribution in [0.1, 0.15) is 11.1 Å². The zero-order valence-corrected chi connectivity index (χ0v) is 11.7. The first-order chi connectivity index (χ1) is 8.47. The summed E-state index contributed by atoms with van der Waals surface area (Å²) >= 11 is 3.42. The van der Waals surface area contributed by atoms with Crippen LogP contribution < -0.4 is 10.5 Å². The van der Waals surface area contributed by atoms with E-state index in [2.05, 4.69) is 15.9 Å². The predicted molar refractivity (Wildman–Crippen MR) is 74.5 cm³/mol. The highest BCUT2D eigenvalue weighted by molar-refractivity contribution is 9.10. The first-order valence-electron chi connectivity index (χ1n) is 5.47. The maximum absolute atomic E-state index is 13.3. The number of rotatable bonds is 2. The van der Waals surface area contributed by atoms with E-state index in [9.17, 15) is 4.39 Å². The van der Waals surface area contributed by atoms with Gasteiger partial charge in [-0.25, -0.2) is 4.39 Å². The van der Waals surface area contributed by atoms with Gasteiger partial charge in [-0.05, 0) is 59.1 Å². The topological polar surface area (TPSA) is 35.2 Å². The van der Waals surface area contributed by atoms with E-state index in [0.29, 0.717) is 17.1 Å². The summed E-state index contributed by atoms with van der Waals surface area (Å²) in [5.41, 5.74) is 7.65. The molecule has 0 spiro atoms. The van der Waals surface area contributed by atoms with Gasteiger partial charge in [-0.15, -0.1) is 0 Å². The molecule has 2 nitrogen and oxygen atoms in total. The Morgan fingerprint density at radius 2 is 1.83 bits per heavy atom. The Morgan fingerprint density at radius 3 is 2.50 bits per heavy atom. The van der Waals surface area contributed by atoms with Crippen molar-refractivity contribution in [3.63, 3.8) is 0 Å². The Bertz CT molecular complexity index is 599. The van der Waals surface area contributed by atoms with Crippen LogP contribution in [0.2, 0.25) is 0 Å². The van der Waals surface area contributed by atoms with Crippen LogP contribution in [-0.4, -0.2) is 0 Å². The number of halogens is 2. The number of hydrogen-bond donors (Lipinski definition) is 1. The van der Waals surface area contributed by atoms with Gasteiger partial charge in [-0.3, -0.25) is 0 Å². The first kappa shape index (κ1) is 12.9. The molecule has 0 amide bonds. The van der Waals surface area contributed by atoms with Gasteiger partial charge in [0.15, 0.2) is 5.75 Å². The van der Waals surface area contributed by atoms with E-state index in [1.54, 1.807) is 13.0 Å². The molecule has 0 atom stereocenters. The number of hydrogen-bond acceptors (Lipinski definition) is 2. The Labute approximate surface area is 114 Å². The zero-order valence-electron chi connectivity index (χ0n) is 10.1. The number of nitrogen functional groups attached to an aromatic ring is 1. The summed E-state index contributed by atoms with van der Waals surface area (Å²) in [7, 11) is 0. The van der Waals surface area contributed by atoms with Gasteiger partial charge in [-0.1, -0.05) is 6.07 Å². The van der Waals surface area contributed by atoms with Crippen molar-refractivity contribution in [2.24, 2.45) is 0 Å². The standard InChI is InChI=1S/C14H13BrFNO/c1-8-3-4-13(10(15)5-8)18-14-6-9(2)11(16)7-12(14)17/h3-7H,17H2,1-2H3. The monoisotopic (exact) mass is 309 g/mol. The van der Waals surface area contributed by atoms with Gasteiger partial charge >= 0.3 is 0 Å². The van der Waals surface area contributed by atoms with E-state index in [4.69, 9.17) is 10.5 Å². The lowest BCUT2D eigenvalue weighted by molar-refractivity contribution is 0.479. The fourth-order valence-electron chi connectivity index (χ4n) is 1.57. The largest absolute Gasteiger partial charge is 0.454 e. The summed E-state index contributed by atoms with van der Waals surface area (Å²) in [6.45, 7) is 3.66. The van der Waals surface area contributed by atoms with Gasteiger partial charge in [0.05, 0.1) is 10.2 Å². The zero-order chi connectivity index (χ0) is 13.3. The second-order valence-electron chi connectivity index (χ2n) is 4.18. The Balaban J connectivity index is 2.37. The quantitative estimate of drug-likeness (QED) is 0.824. The van der Waals surface area contributed by atoms with Crippen molar-refractivity contribution in [3.8, 4) is 11.5 Å².